The van der Waals surface area contributed by atoms with Gasteiger partial charge in [-0.05, 0) is 0 Å². The third-order valence-electron chi connectivity index (χ3n) is 1.11. The van der Waals surface area contributed by atoms with E-state index in [4.69, 9.17) is 0 Å². The fourth-order valence-electron chi connectivity index (χ4n) is 0.642. The van der Waals surface area contributed by atoms with Crippen LogP contribution in [0.25, 0.3) is 0 Å². The van der Waals surface area contributed by atoms with E-state index in [1.54, 1.807) is 0 Å². The van der Waals surface area contributed by atoms with Gasteiger partial charge in [-0.2, -0.15) is 36.4 Å². The predicted octanol–water partition coefficient (Wildman–Crippen LogP) is -6.18. The summed E-state index contributed by atoms with van der Waals surface area (Å²) in [5.41, 5.74) is 0. The Labute approximate surface area is 123 Å². The van der Waals surface area contributed by atoms with Gasteiger partial charge in [0.25, 0.3) is 0 Å². The Bertz CT molecular complexity index is 155. The summed E-state index contributed by atoms with van der Waals surface area (Å²) in [6.07, 6.45) is 0. The third kappa shape index (κ3) is 14.9. The van der Waals surface area contributed by atoms with E-state index in [9.17, 15) is 0 Å². The van der Waals surface area contributed by atoms with Gasteiger partial charge in [-0.15, -0.1) is 0 Å². The average molecular weight is 328 g/mol. The second-order valence-electron chi connectivity index (χ2n) is 1.92. The first kappa shape index (κ1) is 23.9. The van der Waals surface area contributed by atoms with E-state index in [1.807, 2.05) is 60.7 Å². The minimum atomic E-state index is 0. The van der Waals surface area contributed by atoms with Gasteiger partial charge in [0.1, 0.15) is 0 Å². The van der Waals surface area contributed by atoms with Gasteiger partial charge in [0, 0.05) is 0 Å². The first-order valence-electron chi connectivity index (χ1n) is 3.33. The van der Waals surface area contributed by atoms with Crippen LogP contribution in [0.15, 0.2) is 60.7 Å². The van der Waals surface area contributed by atoms with Crippen molar-refractivity contribution in [1.29, 1.82) is 0 Å². The van der Waals surface area contributed by atoms with Gasteiger partial charge in [-0.3, -0.25) is 0 Å². The van der Waals surface area contributed by atoms with Gasteiger partial charge < -0.3 is 37.2 Å². The van der Waals surface area contributed by atoms with E-state index in [2.05, 4.69) is 0 Å². The molecule has 0 bridgehead atoms. The summed E-state index contributed by atoms with van der Waals surface area (Å²) in [7, 11) is 0. The van der Waals surface area contributed by atoms with Crippen LogP contribution >= 0.6 is 0 Å². The van der Waals surface area contributed by atoms with Crippen LogP contribution in [0, 0.1) is 0 Å². The van der Waals surface area contributed by atoms with E-state index < -0.39 is 0 Å². The molecule has 2 aromatic carbocycles. The monoisotopic (exact) mass is 325 g/mol. The van der Waals surface area contributed by atoms with Crippen LogP contribution in [0.5, 0.6) is 0 Å². The molecule has 0 radical (unpaired) electrons. The standard InChI is InChI=1S/2C5H5.3ClH.Zr/c2*1-2-4-5-3-1;;;;/h2*1-5H;3*1H;/q2*-1;;;;+2/p-3. The fourth-order valence-corrected chi connectivity index (χ4v) is 0.642. The van der Waals surface area contributed by atoms with Crippen LogP contribution in [-0.4, -0.2) is 0 Å². The molecule has 2 aromatic rings. The Hall–Kier alpha value is 0.453. The van der Waals surface area contributed by atoms with Crippen molar-refractivity contribution in [3.63, 3.8) is 0 Å². The zero-order valence-electron chi connectivity index (χ0n) is 7.41. The van der Waals surface area contributed by atoms with E-state index in [-0.39, 0.29) is 63.4 Å². The van der Waals surface area contributed by atoms with E-state index in [1.165, 1.54) is 0 Å². The van der Waals surface area contributed by atoms with Gasteiger partial charge in [0.05, 0.1) is 0 Å². The molecule has 4 heteroatoms. The summed E-state index contributed by atoms with van der Waals surface area (Å²) in [6.45, 7) is 0. The van der Waals surface area contributed by atoms with Crippen LogP contribution in [0.4, 0.5) is 0 Å². The van der Waals surface area contributed by atoms with Crippen molar-refractivity contribution in [1.82, 2.24) is 0 Å². The Kier molecular flexibility index (Phi) is 32.6. The van der Waals surface area contributed by atoms with Crippen molar-refractivity contribution < 1.29 is 63.4 Å². The van der Waals surface area contributed by atoms with Crippen LogP contribution in [0.1, 0.15) is 0 Å². The zero-order valence-corrected chi connectivity index (χ0v) is 12.1. The molecule has 0 saturated heterocycles. The van der Waals surface area contributed by atoms with E-state index in [0.717, 1.165) is 0 Å². The number of halogens is 3. The molecule has 0 saturated carbocycles. The second kappa shape index (κ2) is 19.1. The number of hydrogen-bond acceptors (Lipinski definition) is 0. The minimum Gasteiger partial charge on any atom is -1.00 e. The van der Waals surface area contributed by atoms with Crippen LogP contribution in [0.3, 0.4) is 0 Å². The number of hydrogen-bond donors (Lipinski definition) is 0. The summed E-state index contributed by atoms with van der Waals surface area (Å²) < 4.78 is 0. The maximum atomic E-state index is 2.00. The Morgan fingerprint density at radius 2 is 0.714 bits per heavy atom. The molecule has 0 amide bonds. The van der Waals surface area contributed by atoms with Gasteiger partial charge in [0.2, 0.25) is 0 Å². The summed E-state index contributed by atoms with van der Waals surface area (Å²) in [5.74, 6) is 0. The molecular weight excluding hydrogens is 318 g/mol. The molecule has 2 rings (SSSR count). The molecule has 0 heterocycles. The van der Waals surface area contributed by atoms with Crippen molar-refractivity contribution in [3.05, 3.63) is 60.7 Å². The first-order chi connectivity index (χ1) is 5.00. The molecule has 0 aromatic heterocycles. The first-order valence-corrected chi connectivity index (χ1v) is 3.33. The molecule has 0 N–H and O–H groups in total. The molecule has 0 spiro atoms. The summed E-state index contributed by atoms with van der Waals surface area (Å²) in [4.78, 5) is 0. The molecule has 0 aliphatic carbocycles. The van der Waals surface area contributed by atoms with Crippen LogP contribution < -0.4 is 37.2 Å². The minimum absolute atomic E-state index is 0. The van der Waals surface area contributed by atoms with Crippen molar-refractivity contribution in [2.75, 3.05) is 0 Å². The Morgan fingerprint density at radius 3 is 0.786 bits per heavy atom. The molecule has 0 unspecified atom stereocenters. The molecule has 0 fully saturated rings. The molecular formula is C10H10Cl3Zr-3. The largest absolute Gasteiger partial charge is 2.00 e. The van der Waals surface area contributed by atoms with Gasteiger partial charge in [-0.1, -0.05) is 0 Å². The maximum Gasteiger partial charge on any atom is 2.00 e. The van der Waals surface area contributed by atoms with Crippen LogP contribution in [-0.2, 0) is 26.2 Å². The van der Waals surface area contributed by atoms with Crippen molar-refractivity contribution >= 4 is 0 Å². The summed E-state index contributed by atoms with van der Waals surface area (Å²) in [5, 5.41) is 0. The average Bonchev–Trinajstić information content (AvgIpc) is 2.67. The van der Waals surface area contributed by atoms with Crippen molar-refractivity contribution in [3.8, 4) is 0 Å². The molecule has 14 heavy (non-hydrogen) atoms. The molecule has 0 atom stereocenters. The second-order valence-corrected chi connectivity index (χ2v) is 1.92. The van der Waals surface area contributed by atoms with E-state index in [0.29, 0.717) is 0 Å². The van der Waals surface area contributed by atoms with Crippen molar-refractivity contribution in [2.24, 2.45) is 0 Å². The topological polar surface area (TPSA) is 0 Å². The van der Waals surface area contributed by atoms with Gasteiger partial charge in [-0.25, -0.2) is 24.3 Å². The van der Waals surface area contributed by atoms with E-state index >= 15 is 0 Å². The maximum absolute atomic E-state index is 2.00. The van der Waals surface area contributed by atoms with Crippen LogP contribution in [0.2, 0.25) is 0 Å². The third-order valence-corrected chi connectivity index (χ3v) is 1.11. The molecule has 78 valence electrons. The molecule has 0 aliphatic heterocycles. The molecule has 0 nitrogen and oxygen atoms in total. The SMILES string of the molecule is [Cl-].[Cl-].[Cl-].[Zr+2].c1cc[cH-]c1.c1cc[cH-]c1. The number of rotatable bonds is 0. The molecule has 0 aliphatic rings. The predicted molar refractivity (Wildman–Crippen MR) is 44.1 cm³/mol. The smallest absolute Gasteiger partial charge is 1.00 e. The van der Waals surface area contributed by atoms with Gasteiger partial charge in [0.15, 0.2) is 0 Å². The fraction of sp³-hybridized carbons (Fsp3) is 0. The summed E-state index contributed by atoms with van der Waals surface area (Å²) >= 11 is 0. The van der Waals surface area contributed by atoms with Gasteiger partial charge >= 0.3 is 26.2 Å². The zero-order chi connectivity index (χ0) is 7.07. The van der Waals surface area contributed by atoms with Crippen molar-refractivity contribution in [2.45, 2.75) is 0 Å². The summed E-state index contributed by atoms with van der Waals surface area (Å²) in [6, 6.07) is 20.0. The Balaban J connectivity index is -0.0000000556. The quantitative estimate of drug-likeness (QED) is 0.423. The normalized spacial score (nSPS) is 5.71. The Morgan fingerprint density at radius 1 is 0.500 bits per heavy atom.